The number of benzene rings is 1. The minimum atomic E-state index is -1.04. The number of aliphatic hydroxyl groups is 1. The van der Waals surface area contributed by atoms with Crippen molar-refractivity contribution in [2.24, 2.45) is 0 Å². The number of nitrogens with one attached hydrogen (secondary N) is 1. The predicted octanol–water partition coefficient (Wildman–Crippen LogP) is 3.86. The van der Waals surface area contributed by atoms with Crippen LogP contribution < -0.4 is 5.32 Å². The molecule has 0 fully saturated rings. The van der Waals surface area contributed by atoms with Crippen molar-refractivity contribution < 1.29 is 10.0 Å². The standard InChI is InChI=1S/C12H16Cl2N2O3/c1-11(2,12(3,4)17)15-10-8(13)5-7(16(18)19)6-9(10)14/h5-6,15,17H,1-4H3. The minimum absolute atomic E-state index is 0.136. The van der Waals surface area contributed by atoms with Crippen LogP contribution >= 0.6 is 23.2 Å². The molecule has 0 radical (unpaired) electrons. The normalized spacial score (nSPS) is 12.4. The Balaban J connectivity index is 3.20. The van der Waals surface area contributed by atoms with E-state index in [-0.39, 0.29) is 15.7 Å². The summed E-state index contributed by atoms with van der Waals surface area (Å²) in [5, 5.41) is 24.1. The van der Waals surface area contributed by atoms with Gasteiger partial charge in [0, 0.05) is 12.1 Å². The van der Waals surface area contributed by atoms with Gasteiger partial charge in [0.2, 0.25) is 0 Å². The fraction of sp³-hybridized carbons (Fsp3) is 0.500. The van der Waals surface area contributed by atoms with Gasteiger partial charge in [0.25, 0.3) is 5.69 Å². The molecule has 0 bridgehead atoms. The highest BCUT2D eigenvalue weighted by Gasteiger charge is 2.36. The van der Waals surface area contributed by atoms with Crippen LogP contribution in [0.2, 0.25) is 10.0 Å². The van der Waals surface area contributed by atoms with Gasteiger partial charge in [0.05, 0.1) is 31.8 Å². The molecule has 0 aliphatic heterocycles. The quantitative estimate of drug-likeness (QED) is 0.654. The van der Waals surface area contributed by atoms with Crippen LogP contribution in [0, 0.1) is 10.1 Å². The SMILES string of the molecule is CC(C)(O)C(C)(C)Nc1c(Cl)cc([N+](=O)[O-])cc1Cl. The highest BCUT2D eigenvalue weighted by molar-refractivity contribution is 6.39. The van der Waals surface area contributed by atoms with E-state index in [4.69, 9.17) is 23.2 Å². The molecule has 0 aromatic heterocycles. The lowest BCUT2D eigenvalue weighted by atomic mass is 9.86. The van der Waals surface area contributed by atoms with E-state index in [0.717, 1.165) is 0 Å². The van der Waals surface area contributed by atoms with Crippen molar-refractivity contribution in [3.8, 4) is 0 Å². The van der Waals surface area contributed by atoms with Gasteiger partial charge < -0.3 is 10.4 Å². The van der Waals surface area contributed by atoms with Crippen LogP contribution in [-0.4, -0.2) is 21.2 Å². The molecule has 7 heteroatoms. The molecule has 19 heavy (non-hydrogen) atoms. The van der Waals surface area contributed by atoms with E-state index in [1.165, 1.54) is 12.1 Å². The number of rotatable bonds is 4. The molecule has 1 aromatic rings. The average molecular weight is 307 g/mol. The first-order chi connectivity index (χ1) is 8.45. The van der Waals surface area contributed by atoms with Crippen LogP contribution in [-0.2, 0) is 0 Å². The van der Waals surface area contributed by atoms with Crippen molar-refractivity contribution in [2.75, 3.05) is 5.32 Å². The Kier molecular flexibility index (Phi) is 4.34. The van der Waals surface area contributed by atoms with Crippen LogP contribution in [0.5, 0.6) is 0 Å². The van der Waals surface area contributed by atoms with Crippen LogP contribution in [0.3, 0.4) is 0 Å². The topological polar surface area (TPSA) is 75.4 Å². The molecule has 0 aliphatic carbocycles. The van der Waals surface area contributed by atoms with Gasteiger partial charge in [0.1, 0.15) is 0 Å². The summed E-state index contributed by atoms with van der Waals surface area (Å²) in [6.07, 6.45) is 0. The summed E-state index contributed by atoms with van der Waals surface area (Å²) in [5.41, 5.74) is -1.58. The Morgan fingerprint density at radius 3 is 1.95 bits per heavy atom. The second-order valence-electron chi connectivity index (χ2n) is 5.35. The Morgan fingerprint density at radius 1 is 1.21 bits per heavy atom. The molecule has 106 valence electrons. The van der Waals surface area contributed by atoms with Crippen molar-refractivity contribution in [3.05, 3.63) is 32.3 Å². The largest absolute Gasteiger partial charge is 0.388 e. The maximum Gasteiger partial charge on any atom is 0.272 e. The maximum absolute atomic E-state index is 10.7. The molecule has 0 spiro atoms. The summed E-state index contributed by atoms with van der Waals surface area (Å²) in [6, 6.07) is 2.44. The zero-order valence-corrected chi connectivity index (χ0v) is 12.6. The summed E-state index contributed by atoms with van der Waals surface area (Å²) >= 11 is 12.0. The highest BCUT2D eigenvalue weighted by Crippen LogP contribution is 2.38. The summed E-state index contributed by atoms with van der Waals surface area (Å²) in [4.78, 5) is 10.1. The molecule has 0 aliphatic rings. The van der Waals surface area contributed by atoms with Crippen molar-refractivity contribution in [1.82, 2.24) is 0 Å². The highest BCUT2D eigenvalue weighted by atomic mass is 35.5. The lowest BCUT2D eigenvalue weighted by molar-refractivity contribution is -0.384. The monoisotopic (exact) mass is 306 g/mol. The fourth-order valence-electron chi connectivity index (χ4n) is 1.25. The summed E-state index contributed by atoms with van der Waals surface area (Å²) in [6.45, 7) is 6.85. The Bertz CT molecular complexity index is 487. The molecular weight excluding hydrogens is 291 g/mol. The van der Waals surface area contributed by atoms with E-state index in [1.54, 1.807) is 27.7 Å². The van der Waals surface area contributed by atoms with E-state index in [9.17, 15) is 15.2 Å². The Hall–Kier alpha value is -1.04. The molecule has 0 unspecified atom stereocenters. The Morgan fingerprint density at radius 2 is 1.63 bits per heavy atom. The molecular formula is C12H16Cl2N2O3. The average Bonchev–Trinajstić information content (AvgIpc) is 2.21. The van der Waals surface area contributed by atoms with Crippen molar-refractivity contribution >= 4 is 34.6 Å². The first-order valence-electron chi connectivity index (χ1n) is 5.60. The predicted molar refractivity (Wildman–Crippen MR) is 77.1 cm³/mol. The Labute approximate surface area is 121 Å². The molecule has 0 atom stereocenters. The molecule has 0 saturated carbocycles. The van der Waals surface area contributed by atoms with E-state index in [1.807, 2.05) is 0 Å². The zero-order chi connectivity index (χ0) is 15.0. The number of nitro benzene ring substituents is 1. The third-order valence-electron chi connectivity index (χ3n) is 3.20. The lowest BCUT2D eigenvalue weighted by Crippen LogP contribution is -2.51. The van der Waals surface area contributed by atoms with E-state index in [0.29, 0.717) is 5.69 Å². The molecule has 1 rings (SSSR count). The third-order valence-corrected chi connectivity index (χ3v) is 3.80. The second-order valence-corrected chi connectivity index (χ2v) is 6.16. The zero-order valence-electron chi connectivity index (χ0n) is 11.1. The minimum Gasteiger partial charge on any atom is -0.388 e. The van der Waals surface area contributed by atoms with Crippen molar-refractivity contribution in [2.45, 2.75) is 38.8 Å². The third kappa shape index (κ3) is 3.49. The van der Waals surface area contributed by atoms with Crippen molar-refractivity contribution in [1.29, 1.82) is 0 Å². The first-order valence-corrected chi connectivity index (χ1v) is 6.35. The molecule has 0 heterocycles. The molecule has 0 saturated heterocycles. The number of hydrogen-bond acceptors (Lipinski definition) is 4. The van der Waals surface area contributed by atoms with E-state index in [2.05, 4.69) is 5.32 Å². The smallest absolute Gasteiger partial charge is 0.272 e. The lowest BCUT2D eigenvalue weighted by Gasteiger charge is -2.39. The first kappa shape index (κ1) is 16.0. The summed E-state index contributed by atoms with van der Waals surface area (Å²) in [5.74, 6) is 0. The van der Waals surface area contributed by atoms with Gasteiger partial charge in [-0.15, -0.1) is 0 Å². The fourth-order valence-corrected chi connectivity index (χ4v) is 1.82. The van der Waals surface area contributed by atoms with Crippen LogP contribution in [0.4, 0.5) is 11.4 Å². The van der Waals surface area contributed by atoms with Gasteiger partial charge in [-0.05, 0) is 27.7 Å². The van der Waals surface area contributed by atoms with Crippen LogP contribution in [0.25, 0.3) is 0 Å². The number of anilines is 1. The van der Waals surface area contributed by atoms with E-state index < -0.39 is 16.1 Å². The number of non-ortho nitro benzene ring substituents is 1. The van der Waals surface area contributed by atoms with Gasteiger partial charge >= 0.3 is 0 Å². The van der Waals surface area contributed by atoms with Gasteiger partial charge in [-0.2, -0.15) is 0 Å². The molecule has 1 aromatic carbocycles. The molecule has 0 amide bonds. The number of nitro groups is 1. The van der Waals surface area contributed by atoms with Gasteiger partial charge in [-0.3, -0.25) is 10.1 Å². The van der Waals surface area contributed by atoms with Crippen LogP contribution in [0.15, 0.2) is 12.1 Å². The number of halogens is 2. The summed E-state index contributed by atoms with van der Waals surface area (Å²) < 4.78 is 0. The number of hydrogen-bond donors (Lipinski definition) is 2. The van der Waals surface area contributed by atoms with Gasteiger partial charge in [-0.1, -0.05) is 23.2 Å². The van der Waals surface area contributed by atoms with Crippen molar-refractivity contribution in [3.63, 3.8) is 0 Å². The molecule has 5 nitrogen and oxygen atoms in total. The van der Waals surface area contributed by atoms with Gasteiger partial charge in [0.15, 0.2) is 0 Å². The van der Waals surface area contributed by atoms with E-state index >= 15 is 0 Å². The second kappa shape index (κ2) is 5.15. The maximum atomic E-state index is 10.7. The molecule has 2 N–H and O–H groups in total. The summed E-state index contributed by atoms with van der Waals surface area (Å²) in [7, 11) is 0. The number of nitrogens with zero attached hydrogens (tertiary/aromatic N) is 1. The van der Waals surface area contributed by atoms with Gasteiger partial charge in [-0.25, -0.2) is 0 Å². The van der Waals surface area contributed by atoms with Crippen LogP contribution in [0.1, 0.15) is 27.7 Å².